The number of carbonyl (C=O) groups excluding carboxylic acids is 2. The average molecular weight is 430 g/mol. The zero-order valence-corrected chi connectivity index (χ0v) is 19.2. The number of nitrogens with zero attached hydrogens (tertiary/aromatic N) is 3. The van der Waals surface area contributed by atoms with Gasteiger partial charge in [0.25, 0.3) is 11.8 Å². The number of piperidine rings is 1. The van der Waals surface area contributed by atoms with Crippen molar-refractivity contribution in [3.63, 3.8) is 0 Å². The van der Waals surface area contributed by atoms with Crippen molar-refractivity contribution >= 4 is 17.4 Å². The third kappa shape index (κ3) is 5.28. The molecular formula is C24H35N3O4. The third-order valence-electron chi connectivity index (χ3n) is 6.06. The van der Waals surface area contributed by atoms with Crippen molar-refractivity contribution < 1.29 is 19.1 Å². The van der Waals surface area contributed by atoms with Crippen molar-refractivity contribution in [3.05, 3.63) is 35.5 Å². The molecule has 1 saturated heterocycles. The van der Waals surface area contributed by atoms with E-state index in [4.69, 9.17) is 9.47 Å². The molecule has 2 heterocycles. The van der Waals surface area contributed by atoms with E-state index >= 15 is 0 Å². The fourth-order valence-corrected chi connectivity index (χ4v) is 4.27. The minimum absolute atomic E-state index is 0.202. The van der Waals surface area contributed by atoms with Crippen LogP contribution < -0.4 is 4.74 Å². The van der Waals surface area contributed by atoms with Crippen LogP contribution >= 0.6 is 0 Å². The summed E-state index contributed by atoms with van der Waals surface area (Å²) in [5, 5.41) is 0. The maximum Gasteiger partial charge on any atom is 0.277 e. The minimum Gasteiger partial charge on any atom is -0.494 e. The van der Waals surface area contributed by atoms with Crippen LogP contribution in [0.25, 0.3) is 5.57 Å². The highest BCUT2D eigenvalue weighted by molar-refractivity contribution is 6.35. The Labute approximate surface area is 185 Å². The Morgan fingerprint density at radius 2 is 1.71 bits per heavy atom. The smallest absolute Gasteiger partial charge is 0.277 e. The van der Waals surface area contributed by atoms with Crippen LogP contribution in [0.15, 0.2) is 30.0 Å². The maximum atomic E-state index is 13.4. The fraction of sp³-hybridized carbons (Fsp3) is 0.583. The van der Waals surface area contributed by atoms with Crippen molar-refractivity contribution in [1.29, 1.82) is 0 Å². The number of likely N-dealkylation sites (tertiary alicyclic amines) is 1. The summed E-state index contributed by atoms with van der Waals surface area (Å²) in [6.07, 6.45) is 2.57. The molecule has 0 unspecified atom stereocenters. The van der Waals surface area contributed by atoms with Crippen molar-refractivity contribution in [3.8, 4) is 5.75 Å². The predicted octanol–water partition coefficient (Wildman–Crippen LogP) is 2.62. The molecule has 2 aliphatic heterocycles. The number of ether oxygens (including phenoxy) is 2. The van der Waals surface area contributed by atoms with E-state index in [1.165, 1.54) is 4.90 Å². The molecule has 0 aliphatic carbocycles. The zero-order chi connectivity index (χ0) is 22.4. The van der Waals surface area contributed by atoms with E-state index in [9.17, 15) is 9.59 Å². The Hall–Kier alpha value is -2.38. The molecule has 2 aliphatic rings. The van der Waals surface area contributed by atoms with E-state index < -0.39 is 0 Å². The number of amides is 2. The van der Waals surface area contributed by atoms with Gasteiger partial charge in [-0.3, -0.25) is 14.5 Å². The van der Waals surface area contributed by atoms with Crippen molar-refractivity contribution in [2.24, 2.45) is 0 Å². The first-order valence-corrected chi connectivity index (χ1v) is 11.3. The summed E-state index contributed by atoms with van der Waals surface area (Å²) in [7, 11) is 4.07. The molecule has 3 rings (SSSR count). The first kappa shape index (κ1) is 23.3. The van der Waals surface area contributed by atoms with Crippen LogP contribution in [-0.2, 0) is 14.3 Å². The second-order valence-corrected chi connectivity index (χ2v) is 8.14. The van der Waals surface area contributed by atoms with Gasteiger partial charge in [0.05, 0.1) is 12.2 Å². The molecular weight excluding hydrogens is 394 g/mol. The molecule has 1 aromatic rings. The zero-order valence-electron chi connectivity index (χ0n) is 19.2. The molecule has 1 fully saturated rings. The first-order chi connectivity index (χ1) is 15.0. The van der Waals surface area contributed by atoms with Gasteiger partial charge in [-0.1, -0.05) is 12.1 Å². The molecule has 0 saturated carbocycles. The predicted molar refractivity (Wildman–Crippen MR) is 121 cm³/mol. The average Bonchev–Trinajstić information content (AvgIpc) is 3.02. The van der Waals surface area contributed by atoms with E-state index in [0.717, 1.165) is 37.2 Å². The van der Waals surface area contributed by atoms with Gasteiger partial charge in [0, 0.05) is 32.8 Å². The summed E-state index contributed by atoms with van der Waals surface area (Å²) in [6.45, 7) is 7.95. The van der Waals surface area contributed by atoms with Gasteiger partial charge in [-0.15, -0.1) is 0 Å². The molecule has 7 heteroatoms. The Morgan fingerprint density at radius 1 is 1.03 bits per heavy atom. The van der Waals surface area contributed by atoms with Gasteiger partial charge in [-0.05, 0) is 70.9 Å². The molecule has 170 valence electrons. The molecule has 0 spiro atoms. The number of hydrogen-bond acceptors (Lipinski definition) is 6. The highest BCUT2D eigenvalue weighted by Gasteiger charge is 2.42. The summed E-state index contributed by atoms with van der Waals surface area (Å²) < 4.78 is 10.9. The molecule has 0 N–H and O–H groups in total. The van der Waals surface area contributed by atoms with E-state index in [-0.39, 0.29) is 17.9 Å². The van der Waals surface area contributed by atoms with E-state index in [1.54, 1.807) is 0 Å². The Balaban J connectivity index is 1.90. The third-order valence-corrected chi connectivity index (χ3v) is 6.06. The number of likely N-dealkylation sites (N-methyl/N-ethyl adjacent to an activating group) is 1. The van der Waals surface area contributed by atoms with E-state index in [1.807, 2.05) is 50.1 Å². The Bertz CT molecular complexity index is 798. The number of benzene rings is 1. The van der Waals surface area contributed by atoms with Gasteiger partial charge >= 0.3 is 0 Å². The SMILES string of the molecule is CCOCCCN1C(=O)C(c2ccc(OCC)cc2)=C(N(C)C2CCN(C)CC2)C1=O. The molecule has 0 atom stereocenters. The van der Waals surface area contributed by atoms with Gasteiger partial charge < -0.3 is 19.3 Å². The monoisotopic (exact) mass is 429 g/mol. The van der Waals surface area contributed by atoms with Gasteiger partial charge in [-0.2, -0.15) is 0 Å². The van der Waals surface area contributed by atoms with Crippen molar-refractivity contribution in [1.82, 2.24) is 14.7 Å². The number of imide groups is 1. The van der Waals surface area contributed by atoms with Crippen molar-refractivity contribution in [2.45, 2.75) is 39.2 Å². The van der Waals surface area contributed by atoms with E-state index in [2.05, 4.69) is 11.9 Å². The standard InChI is InChI=1S/C24H35N3O4/c1-5-30-17-7-14-27-23(28)21(18-8-10-20(11-9-18)31-6-2)22(24(27)29)26(4)19-12-15-25(3)16-13-19/h8-11,19H,5-7,12-17H2,1-4H3. The molecule has 0 aromatic heterocycles. The van der Waals surface area contributed by atoms with Crippen LogP contribution in [0.4, 0.5) is 0 Å². The number of rotatable bonds is 10. The lowest BCUT2D eigenvalue weighted by atomic mass is 10.00. The highest BCUT2D eigenvalue weighted by Crippen LogP contribution is 2.34. The Kier molecular flexibility index (Phi) is 8.09. The molecule has 31 heavy (non-hydrogen) atoms. The summed E-state index contributed by atoms with van der Waals surface area (Å²) in [6, 6.07) is 7.70. The maximum absolute atomic E-state index is 13.4. The summed E-state index contributed by atoms with van der Waals surface area (Å²) in [5.41, 5.74) is 1.76. The molecule has 2 amide bonds. The van der Waals surface area contributed by atoms with Crippen LogP contribution in [0.1, 0.15) is 38.7 Å². The number of carbonyl (C=O) groups is 2. The lowest BCUT2D eigenvalue weighted by molar-refractivity contribution is -0.137. The second kappa shape index (κ2) is 10.8. The number of hydrogen-bond donors (Lipinski definition) is 0. The second-order valence-electron chi connectivity index (χ2n) is 8.14. The lowest BCUT2D eigenvalue weighted by Crippen LogP contribution is -2.43. The molecule has 0 bridgehead atoms. The van der Waals surface area contributed by atoms with E-state index in [0.29, 0.717) is 44.1 Å². The Morgan fingerprint density at radius 3 is 2.32 bits per heavy atom. The van der Waals surface area contributed by atoms with Gasteiger partial charge in [0.1, 0.15) is 11.4 Å². The van der Waals surface area contributed by atoms with Crippen molar-refractivity contribution in [2.75, 3.05) is 53.6 Å². The molecule has 0 radical (unpaired) electrons. The van der Waals surface area contributed by atoms with Gasteiger partial charge in [0.2, 0.25) is 0 Å². The summed E-state index contributed by atoms with van der Waals surface area (Å²) in [4.78, 5) is 32.5. The highest BCUT2D eigenvalue weighted by atomic mass is 16.5. The first-order valence-electron chi connectivity index (χ1n) is 11.3. The summed E-state index contributed by atoms with van der Waals surface area (Å²) >= 11 is 0. The molecule has 7 nitrogen and oxygen atoms in total. The fourth-order valence-electron chi connectivity index (χ4n) is 4.27. The van der Waals surface area contributed by atoms with Gasteiger partial charge in [-0.25, -0.2) is 0 Å². The largest absolute Gasteiger partial charge is 0.494 e. The van der Waals surface area contributed by atoms with Crippen LogP contribution in [-0.4, -0.2) is 86.1 Å². The minimum atomic E-state index is -0.222. The summed E-state index contributed by atoms with van der Waals surface area (Å²) in [5.74, 6) is 0.328. The normalized spacial score (nSPS) is 18.3. The quantitative estimate of drug-likeness (QED) is 0.421. The van der Waals surface area contributed by atoms with Crippen LogP contribution in [0, 0.1) is 0 Å². The topological polar surface area (TPSA) is 62.3 Å². The van der Waals surface area contributed by atoms with Crippen LogP contribution in [0.2, 0.25) is 0 Å². The van der Waals surface area contributed by atoms with Gasteiger partial charge in [0.15, 0.2) is 0 Å². The molecule has 1 aromatic carbocycles. The lowest BCUT2D eigenvalue weighted by Gasteiger charge is -2.36. The van der Waals surface area contributed by atoms with Crippen LogP contribution in [0.5, 0.6) is 5.75 Å². The van der Waals surface area contributed by atoms with Crippen LogP contribution in [0.3, 0.4) is 0 Å².